The summed E-state index contributed by atoms with van der Waals surface area (Å²) in [4.78, 5) is 25.5. The van der Waals surface area contributed by atoms with Gasteiger partial charge < -0.3 is 9.47 Å². The van der Waals surface area contributed by atoms with E-state index < -0.39 is 11.9 Å². The summed E-state index contributed by atoms with van der Waals surface area (Å²) in [7, 11) is 0. The number of ether oxygens (including phenoxy) is 2. The number of carbonyl (C=O) groups is 2. The molecule has 4 nitrogen and oxygen atoms in total. The lowest BCUT2D eigenvalue weighted by molar-refractivity contribution is -0.145. The van der Waals surface area contributed by atoms with Gasteiger partial charge in [-0.15, -0.1) is 11.8 Å². The predicted molar refractivity (Wildman–Crippen MR) is 174 cm³/mol. The first kappa shape index (κ1) is 31.4. The first-order chi connectivity index (χ1) is 20.6. The molecule has 0 saturated heterocycles. The molecule has 4 aliphatic carbocycles. The van der Waals surface area contributed by atoms with Crippen LogP contribution in [-0.4, -0.2) is 11.9 Å². The number of rotatable bonds is 4. The summed E-state index contributed by atoms with van der Waals surface area (Å²) in [6, 6.07) is 8.67. The number of benzene rings is 2. The minimum Gasteiger partial charge on any atom is -0.423 e. The highest BCUT2D eigenvalue weighted by atomic mass is 32.2. The summed E-state index contributed by atoms with van der Waals surface area (Å²) < 4.78 is 25.4. The van der Waals surface area contributed by atoms with E-state index in [1.54, 1.807) is 11.8 Å². The van der Waals surface area contributed by atoms with Crippen molar-refractivity contribution in [3.63, 3.8) is 0 Å². The number of thioether (sulfide) groups is 1. The molecular weight excluding hydrogens is 571 g/mol. The second-order valence-corrected chi connectivity index (χ2v) is 16.4. The summed E-state index contributed by atoms with van der Waals surface area (Å²) in [6.07, 6.45) is 11.0. The third-order valence-electron chi connectivity index (χ3n) is 12.6. The summed E-state index contributed by atoms with van der Waals surface area (Å²) in [5.41, 5.74) is 4.79. The molecule has 0 bridgehead atoms. The molecule has 0 aromatic heterocycles. The predicted octanol–water partition coefficient (Wildman–Crippen LogP) is 10.1. The minimum absolute atomic E-state index is 0.00934. The van der Waals surface area contributed by atoms with Crippen LogP contribution in [0.15, 0.2) is 46.9 Å². The van der Waals surface area contributed by atoms with Crippen molar-refractivity contribution in [1.29, 1.82) is 0 Å². The Kier molecular flexibility index (Phi) is 7.66. The number of allylic oxidation sites excluding steroid dienone is 1. The summed E-state index contributed by atoms with van der Waals surface area (Å²) in [5.74, 6) is 0.838. The van der Waals surface area contributed by atoms with Gasteiger partial charge in [0, 0.05) is 29.7 Å². The Labute approximate surface area is 266 Å². The molecule has 3 fully saturated rings. The van der Waals surface area contributed by atoms with Crippen LogP contribution in [0.4, 0.5) is 4.39 Å². The lowest BCUT2D eigenvalue weighted by atomic mass is 9.35. The zero-order valence-corrected chi connectivity index (χ0v) is 28.4. The molecule has 2 aromatic rings. The van der Waals surface area contributed by atoms with Gasteiger partial charge in [-0.2, -0.15) is 0 Å². The molecule has 6 heteroatoms. The summed E-state index contributed by atoms with van der Waals surface area (Å²) >= 11 is 1.70. The van der Waals surface area contributed by atoms with Crippen molar-refractivity contribution in [3.8, 4) is 11.5 Å². The molecule has 44 heavy (non-hydrogen) atoms. The molecule has 0 amide bonds. The third-order valence-corrected chi connectivity index (χ3v) is 13.7. The first-order valence-corrected chi connectivity index (χ1v) is 17.2. The van der Waals surface area contributed by atoms with E-state index in [0.717, 1.165) is 46.8 Å². The molecule has 3 saturated carbocycles. The van der Waals surface area contributed by atoms with Crippen LogP contribution in [0.25, 0.3) is 0 Å². The van der Waals surface area contributed by atoms with E-state index in [0.29, 0.717) is 22.8 Å². The number of hydrogen-bond donors (Lipinski definition) is 0. The lowest BCUT2D eigenvalue weighted by Crippen LogP contribution is -2.61. The minimum atomic E-state index is -0.463. The van der Waals surface area contributed by atoms with Crippen LogP contribution in [0.3, 0.4) is 0 Å². The SMILES string of the molecule is CC(=O)Oc1cc2c(c(C)c1OC(C)=O)C(Sc1ccc(F)cc1)C=C1[C@@]2(C)CC[C@@]2(C)[C@@H]3C[C@@H](C)CC[C@]3(C)CC[C@]12C. The van der Waals surface area contributed by atoms with Crippen LogP contribution in [-0.2, 0) is 15.0 Å². The largest absolute Gasteiger partial charge is 0.423 e. The Morgan fingerprint density at radius 3 is 2.27 bits per heavy atom. The normalized spacial score (nSPS) is 35.8. The molecule has 0 aliphatic heterocycles. The highest BCUT2D eigenvalue weighted by molar-refractivity contribution is 7.99. The fourth-order valence-electron chi connectivity index (χ4n) is 9.98. The van der Waals surface area contributed by atoms with Crippen LogP contribution in [0.1, 0.15) is 115 Å². The lowest BCUT2D eigenvalue weighted by Gasteiger charge is -2.69. The molecule has 1 unspecified atom stereocenters. The zero-order chi connectivity index (χ0) is 31.8. The quantitative estimate of drug-likeness (QED) is 0.194. The van der Waals surface area contributed by atoms with Gasteiger partial charge >= 0.3 is 11.9 Å². The van der Waals surface area contributed by atoms with Crippen LogP contribution in [0.2, 0.25) is 0 Å². The van der Waals surface area contributed by atoms with Crippen molar-refractivity contribution in [2.75, 3.05) is 0 Å². The van der Waals surface area contributed by atoms with E-state index in [2.05, 4.69) is 40.7 Å². The maximum Gasteiger partial charge on any atom is 0.308 e. The molecule has 0 spiro atoms. The van der Waals surface area contributed by atoms with Gasteiger partial charge in [-0.25, -0.2) is 4.39 Å². The van der Waals surface area contributed by atoms with E-state index in [-0.39, 0.29) is 27.3 Å². The van der Waals surface area contributed by atoms with Gasteiger partial charge in [-0.1, -0.05) is 52.7 Å². The molecule has 4 aliphatic rings. The van der Waals surface area contributed by atoms with Gasteiger partial charge in [-0.05, 0) is 115 Å². The van der Waals surface area contributed by atoms with E-state index in [1.165, 1.54) is 57.2 Å². The monoisotopic (exact) mass is 618 g/mol. The van der Waals surface area contributed by atoms with Gasteiger partial charge in [0.2, 0.25) is 0 Å². The molecule has 6 rings (SSSR count). The number of esters is 2. The molecule has 0 heterocycles. The van der Waals surface area contributed by atoms with Crippen LogP contribution >= 0.6 is 11.8 Å². The number of hydrogen-bond acceptors (Lipinski definition) is 5. The molecule has 7 atom stereocenters. The Hall–Kier alpha value is -2.60. The maximum absolute atomic E-state index is 13.9. The van der Waals surface area contributed by atoms with Gasteiger partial charge in [0.1, 0.15) is 5.82 Å². The number of fused-ring (bicyclic) bond motifs is 7. The van der Waals surface area contributed by atoms with Crippen molar-refractivity contribution in [2.24, 2.45) is 28.1 Å². The van der Waals surface area contributed by atoms with Crippen LogP contribution in [0, 0.1) is 40.8 Å². The maximum atomic E-state index is 13.9. The number of carbonyl (C=O) groups excluding carboxylic acids is 2. The Morgan fingerprint density at radius 1 is 0.932 bits per heavy atom. The standard InChI is InChI=1S/C38H47FO4S/c1-22-13-14-35(5)15-17-38(8)32-21-30(44-27-11-9-26(39)10-12-27)33-23(2)34(43-25(4)41)29(42-24(3)40)20-28(33)36(32,6)16-18-37(38,7)31(35)19-22/h9-12,20-22,30-31H,13-19H2,1-8H3/t22-,30?,31+,35+,36-,37-,38+/m0/s1. The van der Waals surface area contributed by atoms with Crippen LogP contribution < -0.4 is 9.47 Å². The smallest absolute Gasteiger partial charge is 0.308 e. The molecule has 0 radical (unpaired) electrons. The average Bonchev–Trinajstić information content (AvgIpc) is 2.95. The fourth-order valence-corrected chi connectivity index (χ4v) is 11.2. The second kappa shape index (κ2) is 10.7. The van der Waals surface area contributed by atoms with E-state index in [1.807, 2.05) is 25.1 Å². The van der Waals surface area contributed by atoms with Crippen molar-refractivity contribution in [3.05, 3.63) is 64.5 Å². The van der Waals surface area contributed by atoms with Crippen molar-refractivity contribution < 1.29 is 23.5 Å². The second-order valence-electron chi connectivity index (χ2n) is 15.2. The fraction of sp³-hybridized carbons (Fsp3) is 0.579. The summed E-state index contributed by atoms with van der Waals surface area (Å²) in [6.45, 7) is 17.2. The van der Waals surface area contributed by atoms with Gasteiger partial charge in [0.05, 0.1) is 5.25 Å². The van der Waals surface area contributed by atoms with Gasteiger partial charge in [0.25, 0.3) is 0 Å². The number of halogens is 1. The van der Waals surface area contributed by atoms with Crippen LogP contribution in [0.5, 0.6) is 11.5 Å². The van der Waals surface area contributed by atoms with Gasteiger partial charge in [0.15, 0.2) is 11.5 Å². The third kappa shape index (κ3) is 4.77. The Balaban J connectivity index is 1.57. The van der Waals surface area contributed by atoms with E-state index >= 15 is 0 Å². The van der Waals surface area contributed by atoms with Crippen molar-refractivity contribution in [2.45, 2.75) is 116 Å². The first-order valence-electron chi connectivity index (χ1n) is 16.3. The van der Waals surface area contributed by atoms with E-state index in [4.69, 9.17) is 9.47 Å². The van der Waals surface area contributed by atoms with Gasteiger partial charge in [-0.3, -0.25) is 9.59 Å². The Morgan fingerprint density at radius 2 is 1.61 bits per heavy atom. The Bertz CT molecular complexity index is 1550. The molecule has 0 N–H and O–H groups in total. The topological polar surface area (TPSA) is 52.6 Å². The average molecular weight is 619 g/mol. The van der Waals surface area contributed by atoms with E-state index in [9.17, 15) is 14.0 Å². The molecule has 2 aromatic carbocycles. The van der Waals surface area contributed by atoms with Crippen molar-refractivity contribution in [1.82, 2.24) is 0 Å². The molecule has 236 valence electrons. The zero-order valence-electron chi connectivity index (χ0n) is 27.6. The highest BCUT2D eigenvalue weighted by Gasteiger charge is 2.65. The molecular formula is C38H47FO4S. The highest BCUT2D eigenvalue weighted by Crippen LogP contribution is 2.74. The summed E-state index contributed by atoms with van der Waals surface area (Å²) in [5, 5.41) is -0.0861. The van der Waals surface area contributed by atoms with Crippen molar-refractivity contribution >= 4 is 23.7 Å².